The van der Waals surface area contributed by atoms with Crippen molar-refractivity contribution in [3.63, 3.8) is 0 Å². The molecule has 126 valence electrons. The summed E-state index contributed by atoms with van der Waals surface area (Å²) in [4.78, 5) is 26.5. The van der Waals surface area contributed by atoms with Gasteiger partial charge in [0.2, 0.25) is 5.56 Å². The predicted molar refractivity (Wildman–Crippen MR) is 98.2 cm³/mol. The Morgan fingerprint density at radius 1 is 1.21 bits per heavy atom. The van der Waals surface area contributed by atoms with Gasteiger partial charge in [0.15, 0.2) is 0 Å². The van der Waals surface area contributed by atoms with Crippen LogP contribution >= 0.6 is 15.9 Å². The van der Waals surface area contributed by atoms with E-state index in [1.54, 1.807) is 19.3 Å². The minimum Gasteiger partial charge on any atom is -0.335 e. The topological polar surface area (TPSA) is 42.3 Å². The second kappa shape index (κ2) is 7.34. The number of hydrogen-bond donors (Lipinski definition) is 0. The fourth-order valence-corrected chi connectivity index (χ4v) is 3.73. The second-order valence-corrected chi connectivity index (χ2v) is 7.16. The van der Waals surface area contributed by atoms with Gasteiger partial charge in [-0.05, 0) is 43.4 Å². The molecule has 1 unspecified atom stereocenters. The quantitative estimate of drug-likeness (QED) is 0.808. The fourth-order valence-electron chi connectivity index (χ4n) is 3.28. The van der Waals surface area contributed by atoms with Gasteiger partial charge in [0.05, 0.1) is 5.56 Å². The zero-order chi connectivity index (χ0) is 17.1. The third kappa shape index (κ3) is 3.61. The summed E-state index contributed by atoms with van der Waals surface area (Å²) >= 11 is 3.60. The molecular formula is C19H21BrN2O2. The maximum atomic E-state index is 12.9. The standard InChI is InChI=1S/C19H21BrN2O2/c1-21-13-15(9-10-18(21)23)19(24)22-11-5-4-7-16(22)12-14-6-2-3-8-17(14)20/h2-3,6,8-10,13,16H,4-5,7,11-12H2,1H3. The first-order valence-electron chi connectivity index (χ1n) is 8.27. The van der Waals surface area contributed by atoms with Crippen molar-refractivity contribution >= 4 is 21.8 Å². The average Bonchev–Trinajstić information content (AvgIpc) is 2.59. The molecule has 1 fully saturated rings. The largest absolute Gasteiger partial charge is 0.335 e. The number of carbonyl (C=O) groups is 1. The molecule has 1 atom stereocenters. The van der Waals surface area contributed by atoms with Gasteiger partial charge >= 0.3 is 0 Å². The summed E-state index contributed by atoms with van der Waals surface area (Å²) in [6, 6.07) is 11.5. The Morgan fingerprint density at radius 3 is 2.75 bits per heavy atom. The van der Waals surface area contributed by atoms with E-state index >= 15 is 0 Å². The molecule has 1 amide bonds. The number of amides is 1. The summed E-state index contributed by atoms with van der Waals surface area (Å²) in [6.45, 7) is 0.775. The van der Waals surface area contributed by atoms with E-state index in [2.05, 4.69) is 22.0 Å². The number of rotatable bonds is 3. The summed E-state index contributed by atoms with van der Waals surface area (Å²) in [5.41, 5.74) is 1.70. The number of carbonyl (C=O) groups excluding carboxylic acids is 1. The van der Waals surface area contributed by atoms with Crippen molar-refractivity contribution in [1.82, 2.24) is 9.47 Å². The summed E-state index contributed by atoms with van der Waals surface area (Å²) in [7, 11) is 1.67. The van der Waals surface area contributed by atoms with E-state index in [0.717, 1.165) is 36.7 Å². The molecule has 5 heteroatoms. The lowest BCUT2D eigenvalue weighted by Gasteiger charge is -2.36. The number of pyridine rings is 1. The highest BCUT2D eigenvalue weighted by molar-refractivity contribution is 9.10. The van der Waals surface area contributed by atoms with E-state index in [0.29, 0.717) is 5.56 Å². The molecule has 3 rings (SSSR count). The molecule has 1 aliphatic heterocycles. The van der Waals surface area contributed by atoms with Crippen LogP contribution in [0.4, 0.5) is 0 Å². The van der Waals surface area contributed by atoms with Crippen LogP contribution in [0.2, 0.25) is 0 Å². The van der Waals surface area contributed by atoms with Gasteiger partial charge in [-0.2, -0.15) is 0 Å². The van der Waals surface area contributed by atoms with Crippen LogP contribution in [-0.4, -0.2) is 28.0 Å². The van der Waals surface area contributed by atoms with Crippen molar-refractivity contribution in [2.75, 3.05) is 6.54 Å². The molecule has 1 aromatic carbocycles. The lowest BCUT2D eigenvalue weighted by molar-refractivity contribution is 0.0612. The number of aromatic nitrogens is 1. The van der Waals surface area contributed by atoms with Gasteiger partial charge in [-0.15, -0.1) is 0 Å². The van der Waals surface area contributed by atoms with Crippen LogP contribution in [0, 0.1) is 0 Å². The van der Waals surface area contributed by atoms with Gasteiger partial charge in [0, 0.05) is 36.4 Å². The summed E-state index contributed by atoms with van der Waals surface area (Å²) in [5.74, 6) is 0.0161. The van der Waals surface area contributed by atoms with Crippen molar-refractivity contribution in [2.24, 2.45) is 7.05 Å². The molecule has 0 bridgehead atoms. The molecule has 0 saturated carbocycles. The van der Waals surface area contributed by atoms with Gasteiger partial charge < -0.3 is 9.47 Å². The van der Waals surface area contributed by atoms with E-state index in [4.69, 9.17) is 0 Å². The van der Waals surface area contributed by atoms with Gasteiger partial charge in [-0.25, -0.2) is 0 Å². The third-order valence-electron chi connectivity index (χ3n) is 4.63. The number of hydrogen-bond acceptors (Lipinski definition) is 2. The van der Waals surface area contributed by atoms with Crippen LogP contribution in [0.5, 0.6) is 0 Å². The molecule has 2 aromatic rings. The molecule has 1 saturated heterocycles. The molecule has 2 heterocycles. The number of likely N-dealkylation sites (tertiary alicyclic amines) is 1. The highest BCUT2D eigenvalue weighted by Gasteiger charge is 2.28. The molecule has 0 N–H and O–H groups in total. The third-order valence-corrected chi connectivity index (χ3v) is 5.41. The smallest absolute Gasteiger partial charge is 0.255 e. The maximum Gasteiger partial charge on any atom is 0.255 e. The first-order valence-corrected chi connectivity index (χ1v) is 9.06. The zero-order valence-corrected chi connectivity index (χ0v) is 15.3. The van der Waals surface area contributed by atoms with Crippen LogP contribution in [0.1, 0.15) is 35.2 Å². The van der Waals surface area contributed by atoms with E-state index in [1.165, 1.54) is 16.2 Å². The molecule has 0 spiro atoms. The van der Waals surface area contributed by atoms with Gasteiger partial charge in [-0.3, -0.25) is 9.59 Å². The molecule has 1 aliphatic rings. The fraction of sp³-hybridized carbons (Fsp3) is 0.368. The number of benzene rings is 1. The normalized spacial score (nSPS) is 17.8. The van der Waals surface area contributed by atoms with Crippen molar-refractivity contribution < 1.29 is 4.79 Å². The number of halogens is 1. The Kier molecular flexibility index (Phi) is 5.19. The first kappa shape index (κ1) is 17.0. The van der Waals surface area contributed by atoms with Crippen LogP contribution in [0.15, 0.2) is 51.9 Å². The maximum absolute atomic E-state index is 12.9. The van der Waals surface area contributed by atoms with Crippen LogP contribution < -0.4 is 5.56 Å². The van der Waals surface area contributed by atoms with E-state index < -0.39 is 0 Å². The predicted octanol–water partition coefficient (Wildman–Crippen LogP) is 3.39. The number of nitrogens with zero attached hydrogens (tertiary/aromatic N) is 2. The average molecular weight is 389 g/mol. The van der Waals surface area contributed by atoms with Crippen molar-refractivity contribution in [3.05, 3.63) is 68.5 Å². The molecule has 0 radical (unpaired) electrons. The summed E-state index contributed by atoms with van der Waals surface area (Å²) < 4.78 is 2.55. The van der Waals surface area contributed by atoms with Crippen molar-refractivity contribution in [1.29, 1.82) is 0 Å². The van der Waals surface area contributed by atoms with Crippen molar-refractivity contribution in [2.45, 2.75) is 31.7 Å². The highest BCUT2D eigenvalue weighted by atomic mass is 79.9. The Hall–Kier alpha value is -1.88. The van der Waals surface area contributed by atoms with Crippen LogP contribution in [-0.2, 0) is 13.5 Å². The number of aryl methyl sites for hydroxylation is 1. The minimum absolute atomic E-state index is 0.0161. The van der Waals surface area contributed by atoms with Gasteiger partial charge in [0.25, 0.3) is 5.91 Å². The van der Waals surface area contributed by atoms with E-state index in [-0.39, 0.29) is 17.5 Å². The summed E-state index contributed by atoms with van der Waals surface area (Å²) in [5, 5.41) is 0. The van der Waals surface area contributed by atoms with E-state index in [9.17, 15) is 9.59 Å². The van der Waals surface area contributed by atoms with Crippen molar-refractivity contribution in [3.8, 4) is 0 Å². The lowest BCUT2D eigenvalue weighted by Crippen LogP contribution is -2.45. The van der Waals surface area contributed by atoms with Crippen LogP contribution in [0.3, 0.4) is 0 Å². The lowest BCUT2D eigenvalue weighted by atomic mass is 9.95. The van der Waals surface area contributed by atoms with Gasteiger partial charge in [0.1, 0.15) is 0 Å². The minimum atomic E-state index is -0.102. The monoisotopic (exact) mass is 388 g/mol. The Bertz CT molecular complexity index is 800. The molecular weight excluding hydrogens is 368 g/mol. The number of piperidine rings is 1. The van der Waals surface area contributed by atoms with E-state index in [1.807, 2.05) is 23.1 Å². The molecule has 1 aromatic heterocycles. The SMILES string of the molecule is Cn1cc(C(=O)N2CCCCC2Cc2ccccc2Br)ccc1=O. The second-order valence-electron chi connectivity index (χ2n) is 6.31. The summed E-state index contributed by atoms with van der Waals surface area (Å²) in [6.07, 6.45) is 5.67. The van der Waals surface area contributed by atoms with Crippen LogP contribution in [0.25, 0.3) is 0 Å². The molecule has 24 heavy (non-hydrogen) atoms. The first-order chi connectivity index (χ1) is 11.6. The Balaban J connectivity index is 1.83. The molecule has 0 aliphatic carbocycles. The van der Waals surface area contributed by atoms with Gasteiger partial charge in [-0.1, -0.05) is 34.1 Å². The highest BCUT2D eigenvalue weighted by Crippen LogP contribution is 2.25. The zero-order valence-electron chi connectivity index (χ0n) is 13.7. The Morgan fingerprint density at radius 2 is 2.00 bits per heavy atom. The Labute approximate surface area is 150 Å². The molecule has 4 nitrogen and oxygen atoms in total.